The summed E-state index contributed by atoms with van der Waals surface area (Å²) in [6.07, 6.45) is 2.25. The number of hydrogen-bond donors (Lipinski definition) is 1. The smallest absolute Gasteiger partial charge is 0.141 e. The van der Waals surface area contributed by atoms with E-state index in [0.717, 1.165) is 18.5 Å². The quantitative estimate of drug-likeness (QED) is 0.743. The van der Waals surface area contributed by atoms with Gasteiger partial charge in [-0.3, -0.25) is 0 Å². The first-order chi connectivity index (χ1) is 6.22. The van der Waals surface area contributed by atoms with Gasteiger partial charge in [0.05, 0.1) is 16.3 Å². The Kier molecular flexibility index (Phi) is 1.86. The van der Waals surface area contributed by atoms with Crippen molar-refractivity contribution in [3.05, 3.63) is 22.3 Å². The first kappa shape index (κ1) is 8.33. The summed E-state index contributed by atoms with van der Waals surface area (Å²) in [5.74, 6) is 0.747. The SMILES string of the molecule is N#Cc1cc(Cl)c(C2CC2)nc1N. The summed E-state index contributed by atoms with van der Waals surface area (Å²) in [5, 5.41) is 9.22. The fraction of sp³-hybridized carbons (Fsp3) is 0.333. The van der Waals surface area contributed by atoms with Crippen LogP contribution in [0.15, 0.2) is 6.07 Å². The number of nitriles is 1. The van der Waals surface area contributed by atoms with Crippen molar-refractivity contribution in [1.29, 1.82) is 5.26 Å². The molecule has 0 radical (unpaired) electrons. The monoisotopic (exact) mass is 193 g/mol. The molecular formula is C9H8ClN3. The molecule has 2 rings (SSSR count). The Morgan fingerprint density at radius 1 is 1.62 bits per heavy atom. The molecule has 1 fully saturated rings. The van der Waals surface area contributed by atoms with Gasteiger partial charge in [-0.1, -0.05) is 11.6 Å². The lowest BCUT2D eigenvalue weighted by Crippen LogP contribution is -1.98. The van der Waals surface area contributed by atoms with Crippen molar-refractivity contribution in [2.75, 3.05) is 5.73 Å². The number of anilines is 1. The van der Waals surface area contributed by atoms with E-state index in [0.29, 0.717) is 16.5 Å². The van der Waals surface area contributed by atoms with Gasteiger partial charge >= 0.3 is 0 Å². The van der Waals surface area contributed by atoms with Gasteiger partial charge < -0.3 is 5.73 Å². The minimum absolute atomic E-state index is 0.286. The summed E-state index contributed by atoms with van der Waals surface area (Å²) in [6.45, 7) is 0. The maximum absolute atomic E-state index is 8.66. The van der Waals surface area contributed by atoms with E-state index < -0.39 is 0 Å². The van der Waals surface area contributed by atoms with Gasteiger partial charge in [0.15, 0.2) is 0 Å². The molecule has 0 amide bonds. The molecule has 0 spiro atoms. The van der Waals surface area contributed by atoms with Crippen LogP contribution in [0.1, 0.15) is 30.0 Å². The van der Waals surface area contributed by atoms with Gasteiger partial charge in [-0.05, 0) is 18.9 Å². The molecule has 1 aliphatic rings. The summed E-state index contributed by atoms with van der Waals surface area (Å²) >= 11 is 5.95. The lowest BCUT2D eigenvalue weighted by Gasteiger charge is -2.03. The molecule has 13 heavy (non-hydrogen) atoms. The highest BCUT2D eigenvalue weighted by molar-refractivity contribution is 6.31. The van der Waals surface area contributed by atoms with Gasteiger partial charge in [0.25, 0.3) is 0 Å². The summed E-state index contributed by atoms with van der Waals surface area (Å²) in [6, 6.07) is 3.55. The van der Waals surface area contributed by atoms with E-state index >= 15 is 0 Å². The van der Waals surface area contributed by atoms with E-state index in [2.05, 4.69) is 4.98 Å². The van der Waals surface area contributed by atoms with Crippen LogP contribution >= 0.6 is 11.6 Å². The van der Waals surface area contributed by atoms with Crippen molar-refractivity contribution in [1.82, 2.24) is 4.98 Å². The Morgan fingerprint density at radius 2 is 2.31 bits per heavy atom. The van der Waals surface area contributed by atoms with Crippen LogP contribution in [0, 0.1) is 11.3 Å². The molecule has 4 heteroatoms. The maximum Gasteiger partial charge on any atom is 0.141 e. The predicted octanol–water partition coefficient (Wildman–Crippen LogP) is 2.07. The first-order valence-electron chi connectivity index (χ1n) is 4.08. The van der Waals surface area contributed by atoms with Crippen LogP contribution in [-0.4, -0.2) is 4.98 Å². The van der Waals surface area contributed by atoms with Crippen molar-refractivity contribution in [3.8, 4) is 6.07 Å². The van der Waals surface area contributed by atoms with Crippen LogP contribution in [0.25, 0.3) is 0 Å². The predicted molar refractivity (Wildman–Crippen MR) is 50.3 cm³/mol. The number of nitrogens with zero attached hydrogens (tertiary/aromatic N) is 2. The molecule has 1 heterocycles. The second kappa shape index (κ2) is 2.90. The lowest BCUT2D eigenvalue weighted by molar-refractivity contribution is 1.03. The van der Waals surface area contributed by atoms with E-state index in [1.165, 1.54) is 0 Å². The molecule has 0 aromatic carbocycles. The average Bonchev–Trinajstić information content (AvgIpc) is 2.91. The normalized spacial score (nSPS) is 15.4. The number of nitrogens with two attached hydrogens (primary N) is 1. The molecule has 1 aromatic rings. The lowest BCUT2D eigenvalue weighted by atomic mass is 10.2. The zero-order valence-corrected chi connectivity index (χ0v) is 7.67. The standard InChI is InChI=1S/C9H8ClN3/c10-7-3-6(4-11)9(12)13-8(7)5-1-2-5/h3,5H,1-2H2,(H2,12,13). The van der Waals surface area contributed by atoms with Gasteiger partial charge in [0.2, 0.25) is 0 Å². The molecule has 3 nitrogen and oxygen atoms in total. The first-order valence-corrected chi connectivity index (χ1v) is 4.46. The summed E-state index contributed by atoms with van der Waals surface area (Å²) < 4.78 is 0. The molecule has 2 N–H and O–H groups in total. The zero-order chi connectivity index (χ0) is 9.42. The third-order valence-electron chi connectivity index (χ3n) is 2.12. The molecule has 1 aliphatic carbocycles. The summed E-state index contributed by atoms with van der Waals surface area (Å²) in [5.41, 5.74) is 6.78. The van der Waals surface area contributed by atoms with Crippen LogP contribution in [0.5, 0.6) is 0 Å². The highest BCUT2D eigenvalue weighted by atomic mass is 35.5. The Bertz CT molecular complexity index is 391. The maximum atomic E-state index is 8.66. The summed E-state index contributed by atoms with van der Waals surface area (Å²) in [7, 11) is 0. The van der Waals surface area contributed by atoms with Crippen molar-refractivity contribution in [2.24, 2.45) is 0 Å². The van der Waals surface area contributed by atoms with E-state index in [4.69, 9.17) is 22.6 Å². The Labute approximate surface area is 81.1 Å². The fourth-order valence-electron chi connectivity index (χ4n) is 1.25. The Morgan fingerprint density at radius 3 is 2.85 bits per heavy atom. The summed E-state index contributed by atoms with van der Waals surface area (Å²) in [4.78, 5) is 4.13. The van der Waals surface area contributed by atoms with Crippen LogP contribution in [0.3, 0.4) is 0 Å². The van der Waals surface area contributed by atoms with Gasteiger partial charge in [0.1, 0.15) is 11.9 Å². The largest absolute Gasteiger partial charge is 0.383 e. The third kappa shape index (κ3) is 1.45. The number of pyridine rings is 1. The molecule has 66 valence electrons. The van der Waals surface area contributed by atoms with Gasteiger partial charge in [-0.25, -0.2) is 4.98 Å². The van der Waals surface area contributed by atoms with E-state index in [1.54, 1.807) is 6.07 Å². The highest BCUT2D eigenvalue weighted by Crippen LogP contribution is 2.42. The van der Waals surface area contributed by atoms with Crippen LogP contribution in [0.4, 0.5) is 5.82 Å². The number of aromatic nitrogens is 1. The van der Waals surface area contributed by atoms with Gasteiger partial charge in [-0.15, -0.1) is 0 Å². The molecular weight excluding hydrogens is 186 g/mol. The zero-order valence-electron chi connectivity index (χ0n) is 6.92. The molecule has 0 bridgehead atoms. The molecule has 1 aromatic heterocycles. The van der Waals surface area contributed by atoms with Crippen LogP contribution in [-0.2, 0) is 0 Å². The van der Waals surface area contributed by atoms with E-state index in [-0.39, 0.29) is 5.82 Å². The highest BCUT2D eigenvalue weighted by Gasteiger charge is 2.28. The van der Waals surface area contributed by atoms with Crippen molar-refractivity contribution >= 4 is 17.4 Å². The second-order valence-corrected chi connectivity index (χ2v) is 3.58. The fourth-order valence-corrected chi connectivity index (χ4v) is 1.56. The van der Waals surface area contributed by atoms with Crippen LogP contribution in [0.2, 0.25) is 5.02 Å². The number of hydrogen-bond acceptors (Lipinski definition) is 3. The van der Waals surface area contributed by atoms with E-state index in [1.807, 2.05) is 6.07 Å². The van der Waals surface area contributed by atoms with Crippen molar-refractivity contribution in [3.63, 3.8) is 0 Å². The topological polar surface area (TPSA) is 62.7 Å². The second-order valence-electron chi connectivity index (χ2n) is 3.17. The minimum Gasteiger partial charge on any atom is -0.383 e. The Balaban J connectivity index is 2.50. The Hall–Kier alpha value is -1.27. The van der Waals surface area contributed by atoms with Crippen LogP contribution < -0.4 is 5.73 Å². The number of rotatable bonds is 1. The molecule has 0 atom stereocenters. The molecule has 0 aliphatic heterocycles. The minimum atomic E-state index is 0.286. The van der Waals surface area contributed by atoms with Crippen molar-refractivity contribution in [2.45, 2.75) is 18.8 Å². The molecule has 0 unspecified atom stereocenters. The number of halogens is 1. The van der Waals surface area contributed by atoms with Gasteiger partial charge in [-0.2, -0.15) is 5.26 Å². The van der Waals surface area contributed by atoms with Crippen molar-refractivity contribution < 1.29 is 0 Å². The van der Waals surface area contributed by atoms with Gasteiger partial charge in [0, 0.05) is 5.92 Å². The third-order valence-corrected chi connectivity index (χ3v) is 2.42. The average molecular weight is 194 g/mol. The molecule has 0 saturated heterocycles. The number of nitrogen functional groups attached to an aromatic ring is 1. The molecule has 1 saturated carbocycles. The van der Waals surface area contributed by atoms with E-state index in [9.17, 15) is 0 Å².